The SMILES string of the molecule is CCCCC(OCC(=O)Oc1ccccc1)C(=O)Oc1ccccc1. The maximum atomic E-state index is 12.3. The Morgan fingerprint density at radius 1 is 0.880 bits per heavy atom. The van der Waals surface area contributed by atoms with Crippen molar-refractivity contribution in [1.82, 2.24) is 0 Å². The fraction of sp³-hybridized carbons (Fsp3) is 0.300. The van der Waals surface area contributed by atoms with Crippen LogP contribution in [0.5, 0.6) is 11.5 Å². The van der Waals surface area contributed by atoms with Crippen LogP contribution in [0.3, 0.4) is 0 Å². The molecule has 1 unspecified atom stereocenters. The second kappa shape index (κ2) is 10.3. The Balaban J connectivity index is 1.88. The maximum absolute atomic E-state index is 12.3. The zero-order chi connectivity index (χ0) is 17.9. The summed E-state index contributed by atoms with van der Waals surface area (Å²) < 4.78 is 15.9. The molecule has 25 heavy (non-hydrogen) atoms. The van der Waals surface area contributed by atoms with E-state index in [4.69, 9.17) is 14.2 Å². The monoisotopic (exact) mass is 342 g/mol. The fourth-order valence-electron chi connectivity index (χ4n) is 2.15. The van der Waals surface area contributed by atoms with Gasteiger partial charge in [-0.2, -0.15) is 0 Å². The number of para-hydroxylation sites is 2. The molecule has 0 heterocycles. The van der Waals surface area contributed by atoms with Gasteiger partial charge in [0.25, 0.3) is 0 Å². The summed E-state index contributed by atoms with van der Waals surface area (Å²) in [5.74, 6) is -0.176. The lowest BCUT2D eigenvalue weighted by atomic mass is 10.1. The number of ether oxygens (including phenoxy) is 3. The lowest BCUT2D eigenvalue weighted by molar-refractivity contribution is -0.153. The molecule has 5 nitrogen and oxygen atoms in total. The Morgan fingerprint density at radius 3 is 2.00 bits per heavy atom. The molecule has 0 spiro atoms. The molecule has 0 amide bonds. The predicted octanol–water partition coefficient (Wildman–Crippen LogP) is 3.77. The first-order valence-electron chi connectivity index (χ1n) is 8.33. The van der Waals surface area contributed by atoms with E-state index in [1.807, 2.05) is 19.1 Å². The molecule has 2 aromatic rings. The number of benzene rings is 2. The zero-order valence-corrected chi connectivity index (χ0v) is 14.2. The van der Waals surface area contributed by atoms with E-state index < -0.39 is 18.0 Å². The van der Waals surface area contributed by atoms with Crippen molar-refractivity contribution in [1.29, 1.82) is 0 Å². The molecule has 0 radical (unpaired) electrons. The lowest BCUT2D eigenvalue weighted by Gasteiger charge is -2.16. The third kappa shape index (κ3) is 6.77. The van der Waals surface area contributed by atoms with Gasteiger partial charge in [0.15, 0.2) is 6.10 Å². The second-order valence-electron chi connectivity index (χ2n) is 5.46. The minimum absolute atomic E-state index is 0.312. The average molecular weight is 342 g/mol. The highest BCUT2D eigenvalue weighted by Crippen LogP contribution is 2.14. The molecule has 132 valence electrons. The highest BCUT2D eigenvalue weighted by molar-refractivity contribution is 5.78. The van der Waals surface area contributed by atoms with E-state index in [0.29, 0.717) is 17.9 Å². The molecule has 2 rings (SSSR count). The van der Waals surface area contributed by atoms with E-state index in [-0.39, 0.29) is 6.61 Å². The normalized spacial score (nSPS) is 11.6. The van der Waals surface area contributed by atoms with Crippen LogP contribution in [-0.2, 0) is 14.3 Å². The van der Waals surface area contributed by atoms with Gasteiger partial charge in [-0.05, 0) is 30.7 Å². The summed E-state index contributed by atoms with van der Waals surface area (Å²) in [5.41, 5.74) is 0. The van der Waals surface area contributed by atoms with Crippen LogP contribution in [0.25, 0.3) is 0 Å². The first-order valence-corrected chi connectivity index (χ1v) is 8.33. The van der Waals surface area contributed by atoms with E-state index in [9.17, 15) is 9.59 Å². The van der Waals surface area contributed by atoms with Crippen molar-refractivity contribution in [2.24, 2.45) is 0 Å². The van der Waals surface area contributed by atoms with Crippen LogP contribution in [0.1, 0.15) is 26.2 Å². The van der Waals surface area contributed by atoms with E-state index >= 15 is 0 Å². The van der Waals surface area contributed by atoms with Gasteiger partial charge in [0.1, 0.15) is 18.1 Å². The van der Waals surface area contributed by atoms with Gasteiger partial charge in [-0.3, -0.25) is 0 Å². The molecular formula is C20H22O5. The largest absolute Gasteiger partial charge is 0.425 e. The summed E-state index contributed by atoms with van der Waals surface area (Å²) in [7, 11) is 0. The molecule has 1 atom stereocenters. The van der Waals surface area contributed by atoms with E-state index in [1.165, 1.54) is 0 Å². The molecular weight excluding hydrogens is 320 g/mol. The zero-order valence-electron chi connectivity index (χ0n) is 14.2. The number of carbonyl (C=O) groups excluding carboxylic acids is 2. The number of hydrogen-bond acceptors (Lipinski definition) is 5. The summed E-state index contributed by atoms with van der Waals surface area (Å²) in [6, 6.07) is 17.5. The molecule has 0 N–H and O–H groups in total. The van der Waals surface area contributed by atoms with Crippen LogP contribution in [0.4, 0.5) is 0 Å². The van der Waals surface area contributed by atoms with Gasteiger partial charge in [0.2, 0.25) is 0 Å². The second-order valence-corrected chi connectivity index (χ2v) is 5.46. The lowest BCUT2D eigenvalue weighted by Crippen LogP contribution is -2.31. The Morgan fingerprint density at radius 2 is 1.44 bits per heavy atom. The molecule has 0 aliphatic heterocycles. The topological polar surface area (TPSA) is 61.8 Å². The van der Waals surface area contributed by atoms with Crippen molar-refractivity contribution < 1.29 is 23.8 Å². The summed E-state index contributed by atoms with van der Waals surface area (Å²) in [5, 5.41) is 0. The molecule has 2 aromatic carbocycles. The van der Waals surface area contributed by atoms with Crippen molar-refractivity contribution in [2.75, 3.05) is 6.61 Å². The van der Waals surface area contributed by atoms with Crippen LogP contribution < -0.4 is 9.47 Å². The van der Waals surface area contributed by atoms with Crippen molar-refractivity contribution in [3.63, 3.8) is 0 Å². The van der Waals surface area contributed by atoms with E-state index in [0.717, 1.165) is 12.8 Å². The molecule has 0 saturated heterocycles. The van der Waals surface area contributed by atoms with Gasteiger partial charge in [0, 0.05) is 0 Å². The maximum Gasteiger partial charge on any atom is 0.340 e. The van der Waals surface area contributed by atoms with Gasteiger partial charge >= 0.3 is 11.9 Å². The third-order valence-electron chi connectivity index (χ3n) is 3.42. The Kier molecular flexibility index (Phi) is 7.66. The standard InChI is InChI=1S/C20H22O5/c1-2-3-14-18(20(22)25-17-12-8-5-9-13-17)23-15-19(21)24-16-10-6-4-7-11-16/h4-13,18H,2-3,14-15H2,1H3. The van der Waals surface area contributed by atoms with Crippen molar-refractivity contribution in [3.8, 4) is 11.5 Å². The van der Waals surface area contributed by atoms with Crippen LogP contribution in [0, 0.1) is 0 Å². The van der Waals surface area contributed by atoms with Crippen LogP contribution in [0.2, 0.25) is 0 Å². The van der Waals surface area contributed by atoms with Gasteiger partial charge in [0.05, 0.1) is 0 Å². The fourth-order valence-corrected chi connectivity index (χ4v) is 2.15. The summed E-state index contributed by atoms with van der Waals surface area (Å²) >= 11 is 0. The highest BCUT2D eigenvalue weighted by Gasteiger charge is 2.22. The molecule has 0 aliphatic rings. The smallest absolute Gasteiger partial charge is 0.340 e. The van der Waals surface area contributed by atoms with Crippen molar-refractivity contribution in [2.45, 2.75) is 32.3 Å². The van der Waals surface area contributed by atoms with Crippen molar-refractivity contribution in [3.05, 3.63) is 60.7 Å². The summed E-state index contributed by atoms with van der Waals surface area (Å²) in [6.45, 7) is 1.70. The van der Waals surface area contributed by atoms with Crippen molar-refractivity contribution >= 4 is 11.9 Å². The van der Waals surface area contributed by atoms with Gasteiger partial charge in [-0.25, -0.2) is 9.59 Å². The Bertz CT molecular complexity index is 654. The average Bonchev–Trinajstić information content (AvgIpc) is 2.63. The highest BCUT2D eigenvalue weighted by atomic mass is 16.6. The molecule has 0 saturated carbocycles. The number of unbranched alkanes of at least 4 members (excludes halogenated alkanes) is 1. The number of hydrogen-bond donors (Lipinski definition) is 0. The Labute approximate surface area is 147 Å². The van der Waals surface area contributed by atoms with Crippen LogP contribution in [-0.4, -0.2) is 24.6 Å². The minimum Gasteiger partial charge on any atom is -0.425 e. The molecule has 0 aliphatic carbocycles. The van der Waals surface area contributed by atoms with Crippen LogP contribution in [0.15, 0.2) is 60.7 Å². The quantitative estimate of drug-likeness (QED) is 0.513. The van der Waals surface area contributed by atoms with E-state index in [2.05, 4.69) is 0 Å². The van der Waals surface area contributed by atoms with E-state index in [1.54, 1.807) is 48.5 Å². The van der Waals surface area contributed by atoms with Crippen LogP contribution >= 0.6 is 0 Å². The van der Waals surface area contributed by atoms with Gasteiger partial charge in [-0.15, -0.1) is 0 Å². The molecule has 0 fully saturated rings. The number of carbonyl (C=O) groups is 2. The molecule has 0 aromatic heterocycles. The summed E-state index contributed by atoms with van der Waals surface area (Å²) in [6.07, 6.45) is 1.39. The van der Waals surface area contributed by atoms with Gasteiger partial charge in [-0.1, -0.05) is 56.2 Å². The molecule has 5 heteroatoms. The predicted molar refractivity (Wildman–Crippen MR) is 93.4 cm³/mol. The first kappa shape index (κ1) is 18.7. The number of rotatable bonds is 9. The Hall–Kier alpha value is -2.66. The number of esters is 2. The first-order chi connectivity index (χ1) is 12.2. The van der Waals surface area contributed by atoms with Gasteiger partial charge < -0.3 is 14.2 Å². The third-order valence-corrected chi connectivity index (χ3v) is 3.42. The minimum atomic E-state index is -0.802. The molecule has 0 bridgehead atoms. The summed E-state index contributed by atoms with van der Waals surface area (Å²) in [4.78, 5) is 24.2.